The first-order valence-corrected chi connectivity index (χ1v) is 4.13. The highest BCUT2D eigenvalue weighted by molar-refractivity contribution is 5.84. The van der Waals surface area contributed by atoms with Crippen molar-refractivity contribution < 1.29 is 19.8 Å². The number of aliphatic hydroxyl groups is 1. The molecule has 0 saturated heterocycles. The third-order valence-electron chi connectivity index (χ3n) is 1.56. The zero-order chi connectivity index (χ0) is 10.4. The molecule has 5 nitrogen and oxygen atoms in total. The van der Waals surface area contributed by atoms with Crippen molar-refractivity contribution in [3.63, 3.8) is 0 Å². The Kier molecular flexibility index (Phi) is 5.06. The minimum absolute atomic E-state index is 0.0355. The van der Waals surface area contributed by atoms with E-state index in [0.717, 1.165) is 0 Å². The second kappa shape index (κ2) is 5.53. The van der Waals surface area contributed by atoms with E-state index in [9.17, 15) is 9.59 Å². The summed E-state index contributed by atoms with van der Waals surface area (Å²) < 4.78 is 0. The third-order valence-corrected chi connectivity index (χ3v) is 1.56. The first-order valence-electron chi connectivity index (χ1n) is 4.13. The molecule has 0 spiro atoms. The molecule has 3 N–H and O–H groups in total. The predicted octanol–water partition coefficient (Wildman–Crippen LogP) is -0.406. The topological polar surface area (TPSA) is 86.6 Å². The molecule has 1 atom stereocenters. The van der Waals surface area contributed by atoms with Gasteiger partial charge >= 0.3 is 5.97 Å². The number of carboxylic acids is 1. The molecular weight excluding hydrogens is 174 g/mol. The van der Waals surface area contributed by atoms with Gasteiger partial charge < -0.3 is 15.5 Å². The summed E-state index contributed by atoms with van der Waals surface area (Å²) in [5.74, 6) is -1.69. The van der Waals surface area contributed by atoms with Crippen LogP contribution < -0.4 is 5.32 Å². The monoisotopic (exact) mass is 189 g/mol. The van der Waals surface area contributed by atoms with Crippen molar-refractivity contribution in [2.24, 2.45) is 5.92 Å². The summed E-state index contributed by atoms with van der Waals surface area (Å²) in [5.41, 5.74) is 0. The quantitative estimate of drug-likeness (QED) is 0.549. The van der Waals surface area contributed by atoms with Crippen LogP contribution in [0.15, 0.2) is 0 Å². The molecule has 0 radical (unpaired) electrons. The fourth-order valence-electron chi connectivity index (χ4n) is 0.725. The van der Waals surface area contributed by atoms with Crippen LogP contribution in [-0.4, -0.2) is 34.7 Å². The summed E-state index contributed by atoms with van der Waals surface area (Å²) in [5, 5.41) is 19.4. The highest BCUT2D eigenvalue weighted by Crippen LogP contribution is 1.96. The van der Waals surface area contributed by atoms with Crippen molar-refractivity contribution in [3.05, 3.63) is 0 Å². The molecule has 0 aliphatic rings. The molecule has 13 heavy (non-hydrogen) atoms. The number of rotatable bonds is 5. The van der Waals surface area contributed by atoms with Gasteiger partial charge in [-0.05, 0) is 0 Å². The standard InChI is InChI=1S/C8H15NO4/c1-5(2)7(11)9-6(3-4-10)8(12)13/h5-6,10H,3-4H2,1-2H3,(H,9,11)(H,12,13)/t6-/m1/s1. The maximum atomic E-state index is 11.1. The van der Waals surface area contributed by atoms with Crippen molar-refractivity contribution in [1.29, 1.82) is 0 Å². The van der Waals surface area contributed by atoms with Crippen LogP contribution in [0.4, 0.5) is 0 Å². The van der Waals surface area contributed by atoms with Crippen LogP contribution in [0.3, 0.4) is 0 Å². The fourth-order valence-corrected chi connectivity index (χ4v) is 0.725. The second-order valence-corrected chi connectivity index (χ2v) is 3.07. The van der Waals surface area contributed by atoms with Crippen molar-refractivity contribution in [2.45, 2.75) is 26.3 Å². The van der Waals surface area contributed by atoms with Crippen molar-refractivity contribution in [3.8, 4) is 0 Å². The molecular formula is C8H15NO4. The van der Waals surface area contributed by atoms with Gasteiger partial charge in [-0.15, -0.1) is 0 Å². The number of hydrogen-bond acceptors (Lipinski definition) is 3. The number of carbonyl (C=O) groups excluding carboxylic acids is 1. The fraction of sp³-hybridized carbons (Fsp3) is 0.750. The minimum Gasteiger partial charge on any atom is -0.480 e. The SMILES string of the molecule is CC(C)C(=O)N[C@H](CCO)C(=O)O. The molecule has 0 unspecified atom stereocenters. The van der Waals surface area contributed by atoms with E-state index in [-0.39, 0.29) is 24.9 Å². The van der Waals surface area contributed by atoms with Crippen LogP contribution in [0.5, 0.6) is 0 Å². The number of aliphatic carboxylic acids is 1. The van der Waals surface area contributed by atoms with E-state index in [4.69, 9.17) is 10.2 Å². The van der Waals surface area contributed by atoms with Gasteiger partial charge in [0.2, 0.25) is 5.91 Å². The molecule has 0 rings (SSSR count). The Labute approximate surface area is 76.8 Å². The van der Waals surface area contributed by atoms with Gasteiger partial charge in [0.1, 0.15) is 6.04 Å². The molecule has 0 aliphatic heterocycles. The van der Waals surface area contributed by atoms with E-state index in [1.165, 1.54) is 0 Å². The number of nitrogens with one attached hydrogen (secondary N) is 1. The van der Waals surface area contributed by atoms with E-state index in [1.54, 1.807) is 13.8 Å². The number of aliphatic hydroxyl groups excluding tert-OH is 1. The van der Waals surface area contributed by atoms with Gasteiger partial charge in [-0.3, -0.25) is 4.79 Å². The summed E-state index contributed by atoms with van der Waals surface area (Å²) in [6, 6.07) is -0.986. The first-order chi connectivity index (χ1) is 5.99. The van der Waals surface area contributed by atoms with Crippen molar-refractivity contribution >= 4 is 11.9 Å². The van der Waals surface area contributed by atoms with Gasteiger partial charge in [-0.25, -0.2) is 4.79 Å². The number of carbonyl (C=O) groups is 2. The molecule has 76 valence electrons. The van der Waals surface area contributed by atoms with Crippen LogP contribution in [0.25, 0.3) is 0 Å². The average molecular weight is 189 g/mol. The lowest BCUT2D eigenvalue weighted by Crippen LogP contribution is -2.43. The summed E-state index contributed by atoms with van der Waals surface area (Å²) in [7, 11) is 0. The lowest BCUT2D eigenvalue weighted by atomic mass is 10.1. The van der Waals surface area contributed by atoms with Crippen LogP contribution in [0, 0.1) is 5.92 Å². The molecule has 0 fully saturated rings. The Morgan fingerprint density at radius 3 is 2.23 bits per heavy atom. The minimum atomic E-state index is -1.12. The van der Waals surface area contributed by atoms with Crippen LogP contribution in [0.2, 0.25) is 0 Å². The van der Waals surface area contributed by atoms with Gasteiger partial charge in [0.25, 0.3) is 0 Å². The molecule has 0 aromatic heterocycles. The molecule has 0 aliphatic carbocycles. The van der Waals surface area contributed by atoms with Crippen molar-refractivity contribution in [2.75, 3.05) is 6.61 Å². The van der Waals surface area contributed by atoms with Gasteiger partial charge in [0.05, 0.1) is 0 Å². The lowest BCUT2D eigenvalue weighted by Gasteiger charge is -2.14. The highest BCUT2D eigenvalue weighted by Gasteiger charge is 2.20. The molecule has 0 aromatic carbocycles. The van der Waals surface area contributed by atoms with Gasteiger partial charge in [0, 0.05) is 18.9 Å². The Morgan fingerprint density at radius 2 is 1.92 bits per heavy atom. The normalized spacial score (nSPS) is 12.6. The Morgan fingerprint density at radius 1 is 1.38 bits per heavy atom. The summed E-state index contributed by atoms with van der Waals surface area (Å²) in [6.45, 7) is 3.09. The smallest absolute Gasteiger partial charge is 0.326 e. The summed E-state index contributed by atoms with van der Waals surface area (Å²) in [4.78, 5) is 21.6. The Hall–Kier alpha value is -1.10. The number of amides is 1. The Bertz CT molecular complexity index is 191. The molecule has 0 saturated carbocycles. The van der Waals surface area contributed by atoms with E-state index < -0.39 is 12.0 Å². The van der Waals surface area contributed by atoms with Crippen LogP contribution in [0.1, 0.15) is 20.3 Å². The van der Waals surface area contributed by atoms with Crippen LogP contribution >= 0.6 is 0 Å². The lowest BCUT2D eigenvalue weighted by molar-refractivity contribution is -0.142. The molecule has 0 bridgehead atoms. The predicted molar refractivity (Wildman–Crippen MR) is 46.1 cm³/mol. The van der Waals surface area contributed by atoms with Gasteiger partial charge in [0.15, 0.2) is 0 Å². The maximum Gasteiger partial charge on any atom is 0.326 e. The highest BCUT2D eigenvalue weighted by atomic mass is 16.4. The Balaban J connectivity index is 4.10. The van der Waals surface area contributed by atoms with E-state index >= 15 is 0 Å². The van der Waals surface area contributed by atoms with Crippen LogP contribution in [-0.2, 0) is 9.59 Å². The van der Waals surface area contributed by atoms with E-state index in [0.29, 0.717) is 0 Å². The summed E-state index contributed by atoms with van der Waals surface area (Å²) >= 11 is 0. The second-order valence-electron chi connectivity index (χ2n) is 3.07. The molecule has 5 heteroatoms. The van der Waals surface area contributed by atoms with Gasteiger partial charge in [-0.1, -0.05) is 13.8 Å². The van der Waals surface area contributed by atoms with Gasteiger partial charge in [-0.2, -0.15) is 0 Å². The largest absolute Gasteiger partial charge is 0.480 e. The maximum absolute atomic E-state index is 11.1. The number of carboxylic acid groups (broad SMARTS) is 1. The van der Waals surface area contributed by atoms with E-state index in [1.807, 2.05) is 0 Å². The molecule has 0 heterocycles. The molecule has 1 amide bonds. The zero-order valence-corrected chi connectivity index (χ0v) is 7.78. The molecule has 0 aromatic rings. The average Bonchev–Trinajstić information content (AvgIpc) is 2.03. The number of hydrogen-bond donors (Lipinski definition) is 3. The summed E-state index contributed by atoms with van der Waals surface area (Å²) in [6.07, 6.45) is 0.0355. The first kappa shape index (κ1) is 11.9. The zero-order valence-electron chi connectivity index (χ0n) is 7.78. The van der Waals surface area contributed by atoms with Crippen molar-refractivity contribution in [1.82, 2.24) is 5.32 Å². The van der Waals surface area contributed by atoms with E-state index in [2.05, 4.69) is 5.32 Å². The third kappa shape index (κ3) is 4.47.